The molecule has 6 atom stereocenters. The number of esters is 4. The van der Waals surface area contributed by atoms with Crippen molar-refractivity contribution in [2.75, 3.05) is 39.6 Å². The molecule has 0 rings (SSSR count). The highest BCUT2D eigenvalue weighted by atomic mass is 31.2. The van der Waals surface area contributed by atoms with Crippen LogP contribution in [0, 0.1) is 23.7 Å². The first-order valence-corrected chi connectivity index (χ1v) is 41.2. The summed E-state index contributed by atoms with van der Waals surface area (Å²) in [7, 11) is -9.91. The minimum absolute atomic E-state index is 0.105. The van der Waals surface area contributed by atoms with Gasteiger partial charge in [-0.2, -0.15) is 0 Å². The minimum Gasteiger partial charge on any atom is -0.462 e. The van der Waals surface area contributed by atoms with Gasteiger partial charge in [-0.1, -0.05) is 319 Å². The monoisotopic (exact) mass is 1370 g/mol. The summed E-state index contributed by atoms with van der Waals surface area (Å²) in [6.07, 6.45) is 47.2. The van der Waals surface area contributed by atoms with Crippen molar-refractivity contribution in [3.8, 4) is 0 Å². The molecule has 0 fully saturated rings. The highest BCUT2D eigenvalue weighted by molar-refractivity contribution is 7.47. The predicted octanol–water partition coefficient (Wildman–Crippen LogP) is 21.3. The number of ether oxygens (including phenoxy) is 4. The van der Waals surface area contributed by atoms with Gasteiger partial charge >= 0.3 is 39.5 Å². The minimum atomic E-state index is -4.96. The van der Waals surface area contributed by atoms with Gasteiger partial charge in [0, 0.05) is 25.7 Å². The van der Waals surface area contributed by atoms with Crippen LogP contribution >= 0.6 is 15.6 Å². The Morgan fingerprint density at radius 1 is 0.301 bits per heavy atom. The summed E-state index contributed by atoms with van der Waals surface area (Å²) in [6, 6.07) is 0. The van der Waals surface area contributed by atoms with Gasteiger partial charge in [-0.05, 0) is 49.4 Å². The summed E-state index contributed by atoms with van der Waals surface area (Å²) in [4.78, 5) is 72.7. The number of hydrogen-bond donors (Lipinski definition) is 3. The van der Waals surface area contributed by atoms with Gasteiger partial charge in [0.25, 0.3) is 0 Å². The summed E-state index contributed by atoms with van der Waals surface area (Å²) in [6.45, 7) is 14.2. The fraction of sp³-hybridized carbons (Fsp3) is 0.946. The third-order valence-electron chi connectivity index (χ3n) is 17.4. The Labute approximate surface area is 568 Å². The normalized spacial score (nSPS) is 14.5. The number of phosphoric acid groups is 2. The molecule has 4 unspecified atom stereocenters. The number of unbranched alkanes of at least 4 members (excludes halogenated alkanes) is 36. The quantitative estimate of drug-likeness (QED) is 0.0222. The number of rotatable bonds is 71. The van der Waals surface area contributed by atoms with Crippen LogP contribution in [0.3, 0.4) is 0 Å². The van der Waals surface area contributed by atoms with E-state index < -0.39 is 97.5 Å². The molecule has 552 valence electrons. The van der Waals surface area contributed by atoms with E-state index in [-0.39, 0.29) is 25.7 Å². The molecule has 0 amide bonds. The largest absolute Gasteiger partial charge is 0.472 e. The average Bonchev–Trinajstić information content (AvgIpc) is 1.89. The van der Waals surface area contributed by atoms with E-state index >= 15 is 0 Å². The molecule has 0 saturated heterocycles. The van der Waals surface area contributed by atoms with Crippen molar-refractivity contribution < 1.29 is 80.2 Å². The van der Waals surface area contributed by atoms with Crippen LogP contribution in [0.5, 0.6) is 0 Å². The smallest absolute Gasteiger partial charge is 0.462 e. The number of carbonyl (C=O) groups is 4. The molecule has 0 radical (unpaired) electrons. The molecular weight excluding hydrogens is 1220 g/mol. The second-order valence-electron chi connectivity index (χ2n) is 28.4. The van der Waals surface area contributed by atoms with Gasteiger partial charge < -0.3 is 33.8 Å². The summed E-state index contributed by atoms with van der Waals surface area (Å²) >= 11 is 0. The van der Waals surface area contributed by atoms with Gasteiger partial charge in [0.1, 0.15) is 19.3 Å². The Hall–Kier alpha value is -1.94. The predicted molar refractivity (Wildman–Crippen MR) is 377 cm³/mol. The van der Waals surface area contributed by atoms with Crippen LogP contribution in [-0.2, 0) is 65.4 Å². The zero-order valence-electron chi connectivity index (χ0n) is 60.9. The fourth-order valence-corrected chi connectivity index (χ4v) is 12.7. The Kier molecular flexibility index (Phi) is 62.2. The van der Waals surface area contributed by atoms with E-state index in [0.29, 0.717) is 31.6 Å². The summed E-state index contributed by atoms with van der Waals surface area (Å²) in [5.41, 5.74) is 0. The summed E-state index contributed by atoms with van der Waals surface area (Å²) < 4.78 is 68.4. The van der Waals surface area contributed by atoms with Crippen molar-refractivity contribution in [2.45, 2.75) is 388 Å². The third kappa shape index (κ3) is 67.0. The molecule has 0 heterocycles. The molecule has 0 aromatic heterocycles. The van der Waals surface area contributed by atoms with E-state index in [0.717, 1.165) is 114 Å². The van der Waals surface area contributed by atoms with Crippen LogP contribution < -0.4 is 0 Å². The number of phosphoric ester groups is 2. The van der Waals surface area contributed by atoms with Gasteiger partial charge in [-0.3, -0.25) is 37.3 Å². The lowest BCUT2D eigenvalue weighted by Gasteiger charge is -2.21. The van der Waals surface area contributed by atoms with Crippen molar-refractivity contribution in [3.63, 3.8) is 0 Å². The van der Waals surface area contributed by atoms with Crippen molar-refractivity contribution in [3.05, 3.63) is 0 Å². The molecule has 0 aromatic carbocycles. The maximum Gasteiger partial charge on any atom is 0.472 e. The Balaban J connectivity index is 5.25. The maximum atomic E-state index is 13.1. The summed E-state index contributed by atoms with van der Waals surface area (Å²) in [5.74, 6) is 0.923. The fourth-order valence-electron chi connectivity index (χ4n) is 11.2. The van der Waals surface area contributed by atoms with Crippen LogP contribution in [-0.4, -0.2) is 96.7 Å². The standard InChI is InChI=1S/C74H144O17P2/c1-9-67(8)53-45-37-29-21-16-17-23-32-41-49-57-74(79)91-70(61-85-72(77)55-47-39-33-25-28-36-44-52-66(6)7)63-89-93(82,83)87-59-68(75)58-86-92(80,81)88-62-69(60-84-71(76)54-46-38-30-24-18-20-27-35-43-51-65(4)5)90-73(78)56-48-40-31-22-15-13-11-10-12-14-19-26-34-42-50-64(2)3/h64-70,75H,9-63H2,1-8H3,(H,80,81)(H,82,83)/t67?,68?,69-,70-/m1/s1. The molecule has 17 nitrogen and oxygen atoms in total. The highest BCUT2D eigenvalue weighted by Crippen LogP contribution is 2.45. The van der Waals surface area contributed by atoms with E-state index in [1.807, 2.05) is 0 Å². The first kappa shape index (κ1) is 91.1. The van der Waals surface area contributed by atoms with Gasteiger partial charge in [0.15, 0.2) is 12.2 Å². The Bertz CT molecular complexity index is 1840. The van der Waals surface area contributed by atoms with Gasteiger partial charge in [-0.15, -0.1) is 0 Å². The molecule has 0 aliphatic rings. The number of carbonyl (C=O) groups excluding carboxylic acids is 4. The van der Waals surface area contributed by atoms with Crippen LogP contribution in [0.4, 0.5) is 0 Å². The molecule has 0 aliphatic heterocycles. The molecule has 19 heteroatoms. The van der Waals surface area contributed by atoms with Crippen molar-refractivity contribution >= 4 is 39.5 Å². The van der Waals surface area contributed by atoms with Crippen LogP contribution in [0.15, 0.2) is 0 Å². The summed E-state index contributed by atoms with van der Waals surface area (Å²) in [5, 5.41) is 10.6. The Morgan fingerprint density at radius 3 is 0.763 bits per heavy atom. The molecule has 93 heavy (non-hydrogen) atoms. The number of aliphatic hydroxyl groups is 1. The Morgan fingerprint density at radius 2 is 0.516 bits per heavy atom. The second-order valence-corrected chi connectivity index (χ2v) is 31.3. The van der Waals surface area contributed by atoms with Gasteiger partial charge in [0.2, 0.25) is 0 Å². The van der Waals surface area contributed by atoms with Crippen molar-refractivity contribution in [1.29, 1.82) is 0 Å². The average molecular weight is 1370 g/mol. The zero-order valence-corrected chi connectivity index (χ0v) is 62.7. The highest BCUT2D eigenvalue weighted by Gasteiger charge is 2.30. The number of hydrogen-bond acceptors (Lipinski definition) is 15. The van der Waals surface area contributed by atoms with E-state index in [4.69, 9.17) is 37.0 Å². The number of aliphatic hydroxyl groups excluding tert-OH is 1. The van der Waals surface area contributed by atoms with E-state index in [1.165, 1.54) is 167 Å². The molecular formula is C74H144O17P2. The lowest BCUT2D eigenvalue weighted by atomic mass is 9.99. The second kappa shape index (κ2) is 63.5. The van der Waals surface area contributed by atoms with Gasteiger partial charge in [0.05, 0.1) is 26.4 Å². The topological polar surface area (TPSA) is 237 Å². The molecule has 0 saturated carbocycles. The first-order chi connectivity index (χ1) is 44.6. The van der Waals surface area contributed by atoms with E-state index in [1.54, 1.807) is 0 Å². The third-order valence-corrected chi connectivity index (χ3v) is 19.3. The molecule has 0 aliphatic carbocycles. The van der Waals surface area contributed by atoms with E-state index in [2.05, 4.69) is 55.4 Å². The SMILES string of the molecule is CCC(C)CCCCCCCCCCCCC(=O)O[C@H](COC(=O)CCCCCCCCCC(C)C)COP(=O)(O)OCC(O)COP(=O)(O)OC[C@@H](COC(=O)CCCCCCCCCCCC(C)C)OC(=O)CCCCCCCCCCCCCCCCC(C)C. The maximum absolute atomic E-state index is 13.1. The molecule has 3 N–H and O–H groups in total. The van der Waals surface area contributed by atoms with Crippen molar-refractivity contribution in [2.24, 2.45) is 23.7 Å². The van der Waals surface area contributed by atoms with E-state index in [9.17, 15) is 43.2 Å². The van der Waals surface area contributed by atoms with Gasteiger partial charge in [-0.25, -0.2) is 9.13 Å². The first-order valence-electron chi connectivity index (χ1n) is 38.2. The zero-order chi connectivity index (χ0) is 68.9. The molecule has 0 aromatic rings. The van der Waals surface area contributed by atoms with Crippen LogP contribution in [0.25, 0.3) is 0 Å². The molecule has 0 spiro atoms. The molecule has 0 bridgehead atoms. The van der Waals surface area contributed by atoms with Crippen LogP contribution in [0.1, 0.15) is 370 Å². The lowest BCUT2D eigenvalue weighted by Crippen LogP contribution is -2.30. The lowest BCUT2D eigenvalue weighted by molar-refractivity contribution is -0.161. The van der Waals surface area contributed by atoms with Crippen LogP contribution in [0.2, 0.25) is 0 Å². The van der Waals surface area contributed by atoms with Crippen molar-refractivity contribution in [1.82, 2.24) is 0 Å².